The maximum atomic E-state index is 5.46. The van der Waals surface area contributed by atoms with Gasteiger partial charge in [-0.05, 0) is 31.5 Å². The van der Waals surface area contributed by atoms with E-state index in [1.165, 1.54) is 11.3 Å². The number of methoxy groups -OCH3 is 1. The Bertz CT molecular complexity index is 690. The number of rotatable bonds is 6. The van der Waals surface area contributed by atoms with Crippen LogP contribution in [-0.2, 0) is 18.3 Å². The summed E-state index contributed by atoms with van der Waals surface area (Å²) in [7, 11) is 3.59. The molecule has 3 rings (SSSR count). The number of hydrogen-bond acceptors (Lipinski definition) is 5. The number of aryl methyl sites for hydroxylation is 2. The number of hydrogen-bond donors (Lipinski definition) is 1. The molecule has 0 amide bonds. The number of aromatic nitrogens is 2. The van der Waals surface area contributed by atoms with Crippen LogP contribution in [0.2, 0.25) is 0 Å². The molecule has 0 unspecified atom stereocenters. The van der Waals surface area contributed by atoms with Crippen molar-refractivity contribution < 1.29 is 9.47 Å². The zero-order chi connectivity index (χ0) is 17.8. The number of anilines is 1. The van der Waals surface area contributed by atoms with Crippen LogP contribution in [0.4, 0.5) is 5.69 Å². The highest BCUT2D eigenvalue weighted by atomic mass is 16.5. The second kappa shape index (κ2) is 7.89. The van der Waals surface area contributed by atoms with Crippen LogP contribution < -0.4 is 15.0 Å². The summed E-state index contributed by atoms with van der Waals surface area (Å²) < 4.78 is 12.7. The zero-order valence-electron chi connectivity index (χ0n) is 15.6. The van der Waals surface area contributed by atoms with E-state index in [0.29, 0.717) is 0 Å². The molecule has 1 saturated heterocycles. The van der Waals surface area contributed by atoms with Crippen molar-refractivity contribution in [2.75, 3.05) is 38.3 Å². The van der Waals surface area contributed by atoms with E-state index in [1.54, 1.807) is 11.8 Å². The van der Waals surface area contributed by atoms with Gasteiger partial charge in [-0.15, -0.1) is 0 Å². The number of nitrogens with zero attached hydrogens (tertiary/aromatic N) is 3. The summed E-state index contributed by atoms with van der Waals surface area (Å²) in [6, 6.07) is 9.07. The molecule has 1 aliphatic rings. The normalized spacial score (nSPS) is 16.1. The molecule has 0 spiro atoms. The van der Waals surface area contributed by atoms with Crippen LogP contribution in [0, 0.1) is 6.92 Å². The van der Waals surface area contributed by atoms with E-state index in [0.717, 1.165) is 50.0 Å². The molecule has 25 heavy (non-hydrogen) atoms. The highest BCUT2D eigenvalue weighted by molar-refractivity contribution is 5.48. The molecule has 0 saturated carbocycles. The number of benzene rings is 1. The second-order valence-corrected chi connectivity index (χ2v) is 6.49. The standard InChI is InChI=1S/C19H28N4O2/c1-14(20-13-18-15(2)21-22(3)19(18)24-4)16-5-7-17(8-6-16)23-9-11-25-12-10-23/h5-8,14,20H,9-13H2,1-4H3/t14-/m0/s1. The summed E-state index contributed by atoms with van der Waals surface area (Å²) in [5, 5.41) is 8.01. The fourth-order valence-corrected chi connectivity index (χ4v) is 3.31. The molecule has 1 fully saturated rings. The van der Waals surface area contributed by atoms with E-state index >= 15 is 0 Å². The Kier molecular flexibility index (Phi) is 5.60. The Balaban J connectivity index is 1.62. The monoisotopic (exact) mass is 344 g/mol. The predicted molar refractivity (Wildman–Crippen MR) is 99.2 cm³/mol. The molecule has 6 heteroatoms. The SMILES string of the molecule is COc1c(CN[C@@H](C)c2ccc(N3CCOCC3)cc2)c(C)nn1C. The average molecular weight is 344 g/mol. The molecule has 1 atom stereocenters. The Hall–Kier alpha value is -2.05. The van der Waals surface area contributed by atoms with Gasteiger partial charge in [0.05, 0.1) is 31.6 Å². The van der Waals surface area contributed by atoms with E-state index in [1.807, 2.05) is 14.0 Å². The van der Waals surface area contributed by atoms with Crippen molar-refractivity contribution in [1.82, 2.24) is 15.1 Å². The van der Waals surface area contributed by atoms with Crippen molar-refractivity contribution in [3.63, 3.8) is 0 Å². The molecule has 0 radical (unpaired) electrons. The third-order valence-corrected chi connectivity index (χ3v) is 4.84. The van der Waals surface area contributed by atoms with E-state index in [9.17, 15) is 0 Å². The van der Waals surface area contributed by atoms with Gasteiger partial charge < -0.3 is 19.7 Å². The molecule has 0 aliphatic carbocycles. The Labute approximate surface area is 149 Å². The number of ether oxygens (including phenoxy) is 2. The average Bonchev–Trinajstić information content (AvgIpc) is 2.93. The van der Waals surface area contributed by atoms with Crippen LogP contribution in [-0.4, -0.2) is 43.2 Å². The maximum Gasteiger partial charge on any atom is 0.216 e. The molecule has 6 nitrogen and oxygen atoms in total. The summed E-state index contributed by atoms with van der Waals surface area (Å²) >= 11 is 0. The van der Waals surface area contributed by atoms with E-state index in [-0.39, 0.29) is 6.04 Å². The predicted octanol–water partition coefficient (Wildman–Crippen LogP) is 2.42. The lowest BCUT2D eigenvalue weighted by Crippen LogP contribution is -2.36. The number of morpholine rings is 1. The zero-order valence-corrected chi connectivity index (χ0v) is 15.6. The Morgan fingerprint density at radius 1 is 1.24 bits per heavy atom. The third kappa shape index (κ3) is 3.96. The fraction of sp³-hybridized carbons (Fsp3) is 0.526. The van der Waals surface area contributed by atoms with Crippen LogP contribution >= 0.6 is 0 Å². The van der Waals surface area contributed by atoms with Crippen molar-refractivity contribution in [2.45, 2.75) is 26.4 Å². The molecule has 0 bridgehead atoms. The molecule has 136 valence electrons. The van der Waals surface area contributed by atoms with E-state index in [4.69, 9.17) is 9.47 Å². The molecule has 1 N–H and O–H groups in total. The first-order valence-corrected chi connectivity index (χ1v) is 8.82. The first-order valence-electron chi connectivity index (χ1n) is 8.82. The van der Waals surface area contributed by atoms with Crippen LogP contribution in [0.3, 0.4) is 0 Å². The largest absolute Gasteiger partial charge is 0.481 e. The lowest BCUT2D eigenvalue weighted by Gasteiger charge is -2.29. The van der Waals surface area contributed by atoms with Gasteiger partial charge in [0, 0.05) is 38.4 Å². The van der Waals surface area contributed by atoms with Crippen molar-refractivity contribution >= 4 is 5.69 Å². The Morgan fingerprint density at radius 2 is 1.92 bits per heavy atom. The van der Waals surface area contributed by atoms with Gasteiger partial charge in [0.25, 0.3) is 0 Å². The van der Waals surface area contributed by atoms with E-state index in [2.05, 4.69) is 46.5 Å². The summed E-state index contributed by atoms with van der Waals surface area (Å²) in [6.45, 7) is 8.48. The van der Waals surface area contributed by atoms with Gasteiger partial charge in [-0.1, -0.05) is 12.1 Å². The van der Waals surface area contributed by atoms with E-state index < -0.39 is 0 Å². The Morgan fingerprint density at radius 3 is 2.56 bits per heavy atom. The minimum atomic E-state index is 0.253. The van der Waals surface area contributed by atoms with Gasteiger partial charge in [-0.3, -0.25) is 0 Å². The van der Waals surface area contributed by atoms with Gasteiger partial charge in [0.1, 0.15) is 0 Å². The van der Waals surface area contributed by atoms with Crippen LogP contribution in [0.5, 0.6) is 5.88 Å². The van der Waals surface area contributed by atoms with Gasteiger partial charge in [-0.25, -0.2) is 4.68 Å². The molecule has 2 aromatic rings. The molecule has 1 aromatic heterocycles. The third-order valence-electron chi connectivity index (χ3n) is 4.84. The van der Waals surface area contributed by atoms with Gasteiger partial charge in [0.2, 0.25) is 5.88 Å². The summed E-state index contributed by atoms with van der Waals surface area (Å²) in [4.78, 5) is 2.37. The molecule has 1 aliphatic heterocycles. The van der Waals surface area contributed by atoms with Gasteiger partial charge >= 0.3 is 0 Å². The first kappa shape index (κ1) is 17.8. The molecule has 2 heterocycles. The van der Waals surface area contributed by atoms with Crippen molar-refractivity contribution in [3.05, 3.63) is 41.1 Å². The minimum Gasteiger partial charge on any atom is -0.481 e. The summed E-state index contributed by atoms with van der Waals surface area (Å²) in [6.07, 6.45) is 0. The topological polar surface area (TPSA) is 51.6 Å². The summed E-state index contributed by atoms with van der Waals surface area (Å²) in [5.74, 6) is 0.819. The highest BCUT2D eigenvalue weighted by Gasteiger charge is 2.16. The van der Waals surface area contributed by atoms with Crippen LogP contribution in [0.25, 0.3) is 0 Å². The summed E-state index contributed by atoms with van der Waals surface area (Å²) in [5.41, 5.74) is 4.66. The second-order valence-electron chi connectivity index (χ2n) is 6.49. The van der Waals surface area contributed by atoms with Crippen LogP contribution in [0.1, 0.15) is 29.8 Å². The quantitative estimate of drug-likeness (QED) is 0.872. The smallest absolute Gasteiger partial charge is 0.216 e. The maximum absolute atomic E-state index is 5.46. The van der Waals surface area contributed by atoms with Crippen molar-refractivity contribution in [3.8, 4) is 5.88 Å². The lowest BCUT2D eigenvalue weighted by molar-refractivity contribution is 0.122. The number of nitrogens with one attached hydrogen (secondary N) is 1. The highest BCUT2D eigenvalue weighted by Crippen LogP contribution is 2.23. The molecule has 1 aromatic carbocycles. The van der Waals surface area contributed by atoms with Gasteiger partial charge in [-0.2, -0.15) is 5.10 Å². The molecular formula is C19H28N4O2. The van der Waals surface area contributed by atoms with Gasteiger partial charge in [0.15, 0.2) is 0 Å². The van der Waals surface area contributed by atoms with Crippen molar-refractivity contribution in [2.24, 2.45) is 7.05 Å². The minimum absolute atomic E-state index is 0.253. The van der Waals surface area contributed by atoms with Crippen LogP contribution in [0.15, 0.2) is 24.3 Å². The van der Waals surface area contributed by atoms with Crippen molar-refractivity contribution in [1.29, 1.82) is 0 Å². The first-order chi connectivity index (χ1) is 12.1. The molecular weight excluding hydrogens is 316 g/mol. The lowest BCUT2D eigenvalue weighted by atomic mass is 10.1. The fourth-order valence-electron chi connectivity index (χ4n) is 3.31.